The summed E-state index contributed by atoms with van der Waals surface area (Å²) in [6.07, 6.45) is 0.599. The van der Waals surface area contributed by atoms with E-state index < -0.39 is 17.5 Å². The molecule has 0 N–H and O–H groups in total. The second-order valence-electron chi connectivity index (χ2n) is 3.07. The van der Waals surface area contributed by atoms with Crippen molar-refractivity contribution in [2.45, 2.75) is 0 Å². The van der Waals surface area contributed by atoms with Crippen LogP contribution in [0.2, 0.25) is 0 Å². The van der Waals surface area contributed by atoms with Crippen molar-refractivity contribution in [3.05, 3.63) is 46.6 Å². The predicted molar refractivity (Wildman–Crippen MR) is 55.0 cm³/mol. The average molecular weight is 242 g/mol. The predicted octanol–water partition coefficient (Wildman–Crippen LogP) is 3.64. The van der Waals surface area contributed by atoms with Gasteiger partial charge in [-0.3, -0.25) is 4.79 Å². The van der Waals surface area contributed by atoms with Gasteiger partial charge in [0.2, 0.25) is 0 Å². The molecule has 0 spiro atoms. The molecule has 0 radical (unpaired) electrons. The van der Waals surface area contributed by atoms with E-state index in [1.807, 2.05) is 0 Å². The molecule has 1 aromatic heterocycles. The van der Waals surface area contributed by atoms with E-state index in [9.17, 15) is 18.0 Å². The summed E-state index contributed by atoms with van der Waals surface area (Å²) in [6.45, 7) is 0. The summed E-state index contributed by atoms with van der Waals surface area (Å²) in [5, 5.41) is 0. The first kappa shape index (κ1) is 10.9. The van der Waals surface area contributed by atoms with E-state index in [-0.39, 0.29) is 5.56 Å². The van der Waals surface area contributed by atoms with Crippen LogP contribution in [0.5, 0.6) is 0 Å². The maximum Gasteiger partial charge on any atom is 0.167 e. The van der Waals surface area contributed by atoms with Crippen molar-refractivity contribution >= 4 is 17.6 Å². The lowest BCUT2D eigenvalue weighted by Crippen LogP contribution is -1.90. The van der Waals surface area contributed by atoms with Gasteiger partial charge in [-0.15, -0.1) is 11.3 Å². The van der Waals surface area contributed by atoms with Gasteiger partial charge in [0, 0.05) is 16.5 Å². The number of aldehydes is 1. The van der Waals surface area contributed by atoms with Crippen LogP contribution in [0.4, 0.5) is 13.2 Å². The molecule has 0 aliphatic heterocycles. The molecule has 82 valence electrons. The van der Waals surface area contributed by atoms with Gasteiger partial charge in [0.1, 0.15) is 5.82 Å². The van der Waals surface area contributed by atoms with Crippen molar-refractivity contribution in [1.82, 2.24) is 0 Å². The lowest BCUT2D eigenvalue weighted by atomic mass is 10.1. The van der Waals surface area contributed by atoms with Crippen LogP contribution >= 0.6 is 11.3 Å². The topological polar surface area (TPSA) is 17.1 Å². The van der Waals surface area contributed by atoms with Crippen molar-refractivity contribution in [3.63, 3.8) is 0 Å². The molecule has 0 atom stereocenters. The number of thiophene rings is 1. The summed E-state index contributed by atoms with van der Waals surface area (Å²) in [4.78, 5) is 11.1. The number of carbonyl (C=O) groups is 1. The highest BCUT2D eigenvalue weighted by molar-refractivity contribution is 7.17. The normalized spacial score (nSPS) is 10.4. The molecule has 0 aliphatic rings. The number of hydrogen-bond donors (Lipinski definition) is 0. The Labute approximate surface area is 93.2 Å². The molecule has 0 saturated carbocycles. The maximum absolute atomic E-state index is 13.4. The third-order valence-corrected chi connectivity index (χ3v) is 3.05. The van der Waals surface area contributed by atoms with Crippen molar-refractivity contribution in [2.24, 2.45) is 0 Å². The molecular formula is C11H5F3OS. The van der Waals surface area contributed by atoms with Gasteiger partial charge in [0.15, 0.2) is 17.9 Å². The molecule has 0 amide bonds. The molecular weight excluding hydrogens is 237 g/mol. The summed E-state index contributed by atoms with van der Waals surface area (Å²) < 4.78 is 39.2. The van der Waals surface area contributed by atoms with E-state index in [1.165, 1.54) is 12.1 Å². The maximum atomic E-state index is 13.4. The highest BCUT2D eigenvalue weighted by Crippen LogP contribution is 2.31. The third-order valence-electron chi connectivity index (χ3n) is 2.00. The number of benzene rings is 1. The third kappa shape index (κ3) is 1.86. The van der Waals surface area contributed by atoms with Crippen LogP contribution in [0, 0.1) is 17.5 Å². The molecule has 0 bridgehead atoms. The van der Waals surface area contributed by atoms with E-state index in [0.29, 0.717) is 22.1 Å². The second-order valence-corrected chi connectivity index (χ2v) is 4.18. The first-order valence-corrected chi connectivity index (χ1v) is 5.13. The van der Waals surface area contributed by atoms with Gasteiger partial charge < -0.3 is 0 Å². The lowest BCUT2D eigenvalue weighted by Gasteiger charge is -2.01. The largest absolute Gasteiger partial charge is 0.297 e. The van der Waals surface area contributed by atoms with Crippen molar-refractivity contribution in [1.29, 1.82) is 0 Å². The van der Waals surface area contributed by atoms with Gasteiger partial charge in [0.25, 0.3) is 0 Å². The number of halogens is 3. The quantitative estimate of drug-likeness (QED) is 0.580. The highest BCUT2D eigenvalue weighted by Gasteiger charge is 2.14. The minimum Gasteiger partial charge on any atom is -0.297 e. The Bertz CT molecular complexity index is 548. The Morgan fingerprint density at radius 1 is 1.12 bits per heavy atom. The summed E-state index contributed by atoms with van der Waals surface area (Å²) in [5.41, 5.74) is -0.171. The van der Waals surface area contributed by atoms with E-state index >= 15 is 0 Å². The standard InChI is InChI=1S/C11H5F3OS/c12-6-3-8(11(14)9(13)4-6)10-2-1-7(5-15)16-10/h1-5H. The first-order valence-electron chi connectivity index (χ1n) is 4.31. The molecule has 5 heteroatoms. The van der Waals surface area contributed by atoms with Crippen molar-refractivity contribution in [2.75, 3.05) is 0 Å². The second kappa shape index (κ2) is 4.09. The molecule has 2 aromatic rings. The van der Waals surface area contributed by atoms with Crippen molar-refractivity contribution < 1.29 is 18.0 Å². The van der Waals surface area contributed by atoms with Gasteiger partial charge in [0.05, 0.1) is 4.88 Å². The minimum atomic E-state index is -1.24. The molecule has 1 nitrogen and oxygen atoms in total. The molecule has 0 unspecified atom stereocenters. The van der Waals surface area contributed by atoms with Crippen LogP contribution in [0.1, 0.15) is 9.67 Å². The van der Waals surface area contributed by atoms with E-state index in [2.05, 4.69) is 0 Å². The SMILES string of the molecule is O=Cc1ccc(-c2cc(F)cc(F)c2F)s1. The Morgan fingerprint density at radius 2 is 1.88 bits per heavy atom. The van der Waals surface area contributed by atoms with Gasteiger partial charge >= 0.3 is 0 Å². The molecule has 1 aromatic carbocycles. The zero-order valence-corrected chi connectivity index (χ0v) is 8.65. The van der Waals surface area contributed by atoms with E-state index in [1.54, 1.807) is 0 Å². The molecule has 2 rings (SSSR count). The molecule has 0 saturated heterocycles. The fourth-order valence-electron chi connectivity index (χ4n) is 1.30. The zero-order chi connectivity index (χ0) is 11.7. The average Bonchev–Trinajstić information content (AvgIpc) is 2.71. The van der Waals surface area contributed by atoms with Crippen LogP contribution in [0.25, 0.3) is 10.4 Å². The van der Waals surface area contributed by atoms with Gasteiger partial charge in [-0.2, -0.15) is 0 Å². The van der Waals surface area contributed by atoms with E-state index in [0.717, 1.165) is 17.4 Å². The zero-order valence-electron chi connectivity index (χ0n) is 7.84. The Morgan fingerprint density at radius 3 is 2.50 bits per heavy atom. The first-order chi connectivity index (χ1) is 7.61. The van der Waals surface area contributed by atoms with Crippen LogP contribution in [0.15, 0.2) is 24.3 Å². The molecule has 1 heterocycles. The number of hydrogen-bond acceptors (Lipinski definition) is 2. The number of carbonyl (C=O) groups excluding carboxylic acids is 1. The van der Waals surface area contributed by atoms with Crippen LogP contribution in [-0.4, -0.2) is 6.29 Å². The summed E-state index contributed by atoms with van der Waals surface area (Å²) in [5.74, 6) is -3.20. The van der Waals surface area contributed by atoms with Gasteiger partial charge in [-0.05, 0) is 18.2 Å². The lowest BCUT2D eigenvalue weighted by molar-refractivity contribution is 0.112. The number of rotatable bonds is 2. The monoisotopic (exact) mass is 242 g/mol. The highest BCUT2D eigenvalue weighted by atomic mass is 32.1. The molecule has 0 fully saturated rings. The Hall–Kier alpha value is -1.62. The van der Waals surface area contributed by atoms with E-state index in [4.69, 9.17) is 0 Å². The summed E-state index contributed by atoms with van der Waals surface area (Å²) in [6, 6.07) is 4.30. The van der Waals surface area contributed by atoms with Crippen LogP contribution < -0.4 is 0 Å². The van der Waals surface area contributed by atoms with Crippen LogP contribution in [0.3, 0.4) is 0 Å². The summed E-state index contributed by atoms with van der Waals surface area (Å²) in [7, 11) is 0. The van der Waals surface area contributed by atoms with Crippen molar-refractivity contribution in [3.8, 4) is 10.4 Å². The van der Waals surface area contributed by atoms with Gasteiger partial charge in [-0.1, -0.05) is 0 Å². The minimum absolute atomic E-state index is 0.171. The van der Waals surface area contributed by atoms with Gasteiger partial charge in [-0.25, -0.2) is 13.2 Å². The van der Waals surface area contributed by atoms with Crippen LogP contribution in [-0.2, 0) is 0 Å². The smallest absolute Gasteiger partial charge is 0.167 e. The summed E-state index contributed by atoms with van der Waals surface area (Å²) >= 11 is 0.976. The Balaban J connectivity index is 2.58. The fourth-order valence-corrected chi connectivity index (χ4v) is 2.13. The molecule has 0 aliphatic carbocycles. The fraction of sp³-hybridized carbons (Fsp3) is 0. The Kier molecular flexibility index (Phi) is 2.78. The molecule has 16 heavy (non-hydrogen) atoms.